The number of carbonyl (C=O) groups is 1. The third-order valence-electron chi connectivity index (χ3n) is 4.51. The van der Waals surface area contributed by atoms with Crippen molar-refractivity contribution in [2.75, 3.05) is 0 Å². The van der Waals surface area contributed by atoms with E-state index in [1.54, 1.807) is 43.0 Å². The largest absolute Gasteiger partial charge is 0.469 e. The Labute approximate surface area is 181 Å². The normalized spacial score (nSPS) is 12.2. The van der Waals surface area contributed by atoms with Gasteiger partial charge in [-0.2, -0.15) is 4.98 Å². The van der Waals surface area contributed by atoms with Crippen LogP contribution in [0.5, 0.6) is 5.88 Å². The lowest BCUT2D eigenvalue weighted by molar-refractivity contribution is -0.117. The van der Waals surface area contributed by atoms with E-state index in [1.165, 1.54) is 11.3 Å². The summed E-state index contributed by atoms with van der Waals surface area (Å²) in [6.45, 7) is 1.75. The number of aromatic nitrogens is 4. The molecule has 0 radical (unpaired) electrons. The molecule has 0 aliphatic carbocycles. The maximum Gasteiger partial charge on any atom is 0.229 e. The van der Waals surface area contributed by atoms with Crippen LogP contribution in [0.4, 0.5) is 0 Å². The molecule has 0 aliphatic heterocycles. The van der Waals surface area contributed by atoms with Crippen LogP contribution < -0.4 is 10.5 Å². The zero-order valence-electron chi connectivity index (χ0n) is 15.9. The van der Waals surface area contributed by atoms with Gasteiger partial charge in [0.05, 0.1) is 30.3 Å². The third-order valence-corrected chi connectivity index (χ3v) is 5.89. The standard InChI is InChI=1S/C20H18ClN5O3S/c1-11(13-3-2-12(10-27)6-14(13)21)29-19-16(7-17(22)28)30-20(25-19)15-8-24-18-9-23-4-5-26(15)18/h2-6,8-9,11,27H,7,10H2,1H3,(H2,22,28)/t11-/m1/s1. The second kappa shape index (κ2) is 8.39. The van der Waals surface area contributed by atoms with Crippen molar-refractivity contribution in [2.24, 2.45) is 5.73 Å². The van der Waals surface area contributed by atoms with Gasteiger partial charge < -0.3 is 15.6 Å². The first-order valence-corrected chi connectivity index (χ1v) is 10.3. The van der Waals surface area contributed by atoms with Gasteiger partial charge in [0.2, 0.25) is 11.8 Å². The topological polar surface area (TPSA) is 116 Å². The maximum absolute atomic E-state index is 11.6. The lowest BCUT2D eigenvalue weighted by Crippen LogP contribution is -2.14. The van der Waals surface area contributed by atoms with Gasteiger partial charge in [-0.3, -0.25) is 14.2 Å². The van der Waals surface area contributed by atoms with Crippen LogP contribution in [0.1, 0.15) is 29.0 Å². The van der Waals surface area contributed by atoms with Gasteiger partial charge in [0, 0.05) is 23.0 Å². The summed E-state index contributed by atoms with van der Waals surface area (Å²) in [4.78, 5) is 25.2. The fraction of sp³-hybridized carbons (Fsp3) is 0.200. The van der Waals surface area contributed by atoms with Crippen molar-refractivity contribution in [1.29, 1.82) is 0 Å². The number of amides is 1. The second-order valence-electron chi connectivity index (χ2n) is 6.61. The first-order valence-electron chi connectivity index (χ1n) is 9.07. The Balaban J connectivity index is 1.69. The molecule has 4 rings (SSSR count). The number of fused-ring (bicyclic) bond motifs is 1. The van der Waals surface area contributed by atoms with Gasteiger partial charge in [-0.25, -0.2) is 4.98 Å². The fourth-order valence-electron chi connectivity index (χ4n) is 3.04. The molecule has 30 heavy (non-hydrogen) atoms. The molecule has 0 aliphatic rings. The summed E-state index contributed by atoms with van der Waals surface area (Å²) < 4.78 is 7.94. The van der Waals surface area contributed by atoms with Crippen molar-refractivity contribution in [2.45, 2.75) is 26.1 Å². The first-order chi connectivity index (χ1) is 14.5. The Morgan fingerprint density at radius 2 is 2.23 bits per heavy atom. The molecular formula is C20H18ClN5O3S. The van der Waals surface area contributed by atoms with E-state index in [4.69, 9.17) is 22.1 Å². The number of rotatable bonds is 7. The van der Waals surface area contributed by atoms with E-state index in [0.717, 1.165) is 11.3 Å². The summed E-state index contributed by atoms with van der Waals surface area (Å²) in [7, 11) is 0. The van der Waals surface area contributed by atoms with Gasteiger partial charge in [0.15, 0.2) is 5.65 Å². The molecule has 0 fully saturated rings. The van der Waals surface area contributed by atoms with Crippen LogP contribution in [-0.2, 0) is 17.8 Å². The number of ether oxygens (including phenoxy) is 1. The number of nitrogens with zero attached hydrogens (tertiary/aromatic N) is 4. The molecule has 3 N–H and O–H groups in total. The van der Waals surface area contributed by atoms with Crippen molar-refractivity contribution in [3.8, 4) is 16.6 Å². The Kier molecular flexibility index (Phi) is 5.67. The van der Waals surface area contributed by atoms with Crippen LogP contribution in [0.25, 0.3) is 16.3 Å². The Hall–Kier alpha value is -3.01. The number of halogens is 1. The first kappa shape index (κ1) is 20.3. The van der Waals surface area contributed by atoms with Crippen LogP contribution in [0.15, 0.2) is 43.0 Å². The van der Waals surface area contributed by atoms with Crippen LogP contribution in [0.3, 0.4) is 0 Å². The van der Waals surface area contributed by atoms with E-state index in [0.29, 0.717) is 32.0 Å². The van der Waals surface area contributed by atoms with E-state index in [-0.39, 0.29) is 13.0 Å². The number of hydrogen-bond donors (Lipinski definition) is 2. The highest BCUT2D eigenvalue weighted by Crippen LogP contribution is 2.36. The number of aliphatic hydroxyl groups excluding tert-OH is 1. The number of nitrogens with two attached hydrogens (primary N) is 1. The van der Waals surface area contributed by atoms with E-state index in [1.807, 2.05) is 11.3 Å². The molecule has 10 heteroatoms. The van der Waals surface area contributed by atoms with Crippen LogP contribution in [0.2, 0.25) is 5.02 Å². The Bertz CT molecular complexity index is 1220. The van der Waals surface area contributed by atoms with Gasteiger partial charge >= 0.3 is 0 Å². The van der Waals surface area contributed by atoms with Gasteiger partial charge in [-0.05, 0) is 18.6 Å². The van der Waals surface area contributed by atoms with Crippen LogP contribution in [0, 0.1) is 0 Å². The van der Waals surface area contributed by atoms with Crippen molar-refractivity contribution < 1.29 is 14.6 Å². The summed E-state index contributed by atoms with van der Waals surface area (Å²) >= 11 is 7.67. The highest BCUT2D eigenvalue weighted by atomic mass is 35.5. The average Bonchev–Trinajstić information content (AvgIpc) is 3.31. The summed E-state index contributed by atoms with van der Waals surface area (Å²) in [5, 5.41) is 10.4. The van der Waals surface area contributed by atoms with Gasteiger partial charge in [0.1, 0.15) is 16.8 Å². The lowest BCUT2D eigenvalue weighted by Gasteiger charge is -2.16. The molecule has 1 amide bonds. The highest BCUT2D eigenvalue weighted by molar-refractivity contribution is 7.15. The second-order valence-corrected chi connectivity index (χ2v) is 8.10. The molecular weight excluding hydrogens is 426 g/mol. The molecule has 0 saturated heterocycles. The number of carbonyl (C=O) groups excluding carboxylic acids is 1. The number of thiazole rings is 1. The summed E-state index contributed by atoms with van der Waals surface area (Å²) in [6.07, 6.45) is 6.38. The molecule has 0 bridgehead atoms. The Morgan fingerprint density at radius 1 is 1.40 bits per heavy atom. The molecule has 4 aromatic rings. The van der Waals surface area contributed by atoms with Crippen molar-refractivity contribution in [3.63, 3.8) is 0 Å². The predicted octanol–water partition coefficient (Wildman–Crippen LogP) is 3.17. The third kappa shape index (κ3) is 4.00. The minimum Gasteiger partial charge on any atom is -0.469 e. The average molecular weight is 444 g/mol. The predicted molar refractivity (Wildman–Crippen MR) is 113 cm³/mol. The SMILES string of the molecule is C[C@@H](Oc1nc(-c2cnc3cnccn23)sc1CC(N)=O)c1ccc(CO)cc1Cl. The summed E-state index contributed by atoms with van der Waals surface area (Å²) in [5.74, 6) is -0.150. The van der Waals surface area contributed by atoms with E-state index in [9.17, 15) is 9.90 Å². The zero-order chi connectivity index (χ0) is 21.3. The van der Waals surface area contributed by atoms with Gasteiger partial charge in [-0.15, -0.1) is 11.3 Å². The molecule has 0 saturated carbocycles. The monoisotopic (exact) mass is 443 g/mol. The number of imidazole rings is 1. The number of hydrogen-bond acceptors (Lipinski definition) is 7. The van der Waals surface area contributed by atoms with Crippen LogP contribution in [-0.4, -0.2) is 30.4 Å². The zero-order valence-corrected chi connectivity index (χ0v) is 17.5. The molecule has 0 spiro atoms. The minimum atomic E-state index is -0.477. The summed E-state index contributed by atoms with van der Waals surface area (Å²) in [5.41, 5.74) is 8.33. The molecule has 8 nitrogen and oxygen atoms in total. The quantitative estimate of drug-likeness (QED) is 0.453. The van der Waals surface area contributed by atoms with E-state index in [2.05, 4.69) is 15.0 Å². The van der Waals surface area contributed by atoms with Gasteiger partial charge in [0.25, 0.3) is 0 Å². The number of benzene rings is 1. The maximum atomic E-state index is 11.6. The van der Waals surface area contributed by atoms with E-state index < -0.39 is 12.0 Å². The van der Waals surface area contributed by atoms with Crippen molar-refractivity contribution in [1.82, 2.24) is 19.4 Å². The summed E-state index contributed by atoms with van der Waals surface area (Å²) in [6, 6.07) is 5.28. The smallest absolute Gasteiger partial charge is 0.229 e. The number of aliphatic hydroxyl groups is 1. The molecule has 3 aromatic heterocycles. The molecule has 0 unspecified atom stereocenters. The highest BCUT2D eigenvalue weighted by Gasteiger charge is 2.21. The molecule has 3 heterocycles. The Morgan fingerprint density at radius 3 is 2.97 bits per heavy atom. The minimum absolute atomic E-state index is 0.00912. The molecule has 154 valence electrons. The van der Waals surface area contributed by atoms with Crippen molar-refractivity contribution >= 4 is 34.5 Å². The van der Waals surface area contributed by atoms with E-state index >= 15 is 0 Å². The number of primary amides is 1. The van der Waals surface area contributed by atoms with Crippen molar-refractivity contribution in [3.05, 3.63) is 64.0 Å². The van der Waals surface area contributed by atoms with Gasteiger partial charge in [-0.1, -0.05) is 23.7 Å². The van der Waals surface area contributed by atoms with Crippen LogP contribution >= 0.6 is 22.9 Å². The molecule has 1 atom stereocenters. The molecule has 1 aromatic carbocycles. The lowest BCUT2D eigenvalue weighted by atomic mass is 10.1. The fourth-order valence-corrected chi connectivity index (χ4v) is 4.41.